The van der Waals surface area contributed by atoms with Crippen LogP contribution < -0.4 is 9.47 Å². The Morgan fingerprint density at radius 2 is 0.950 bits per heavy atom. The maximum atomic E-state index is 13.9. The standard InChI is InChI=1S/C46H50N4O10/c1-3-57-45(55)59-41-25-35-33(19-21-37(51)43(35)47-41)39(53)29-49(27-31-15-9-7-10-16-31)23-13-5-6-14-24-50(28-32-17-11-8-12-18-32)30-40(54)34-20-22-38(52)44-36(34)26-42(48-44)60-46(56)58-4-2/h7-12,15-22,25-26,47-48,51-52H,3-6,13-14,23-24,27-30H2,1-2H3. The highest BCUT2D eigenvalue weighted by molar-refractivity contribution is 6.11. The van der Waals surface area contributed by atoms with Crippen LogP contribution in [0.3, 0.4) is 0 Å². The minimum atomic E-state index is -0.894. The lowest BCUT2D eigenvalue weighted by molar-refractivity contribution is 0.0914. The highest BCUT2D eigenvalue weighted by Gasteiger charge is 2.22. The molecular formula is C46H50N4O10. The lowest BCUT2D eigenvalue weighted by Crippen LogP contribution is -2.31. The van der Waals surface area contributed by atoms with Crippen LogP contribution in [0.1, 0.15) is 71.4 Å². The molecule has 0 aliphatic rings. The molecule has 0 bridgehead atoms. The number of unbranched alkanes of at least 4 members (excludes halogenated alkanes) is 3. The molecule has 0 saturated heterocycles. The molecule has 0 unspecified atom stereocenters. The van der Waals surface area contributed by atoms with E-state index >= 15 is 0 Å². The Labute approximate surface area is 347 Å². The van der Waals surface area contributed by atoms with E-state index in [4.69, 9.17) is 18.9 Å². The number of hydrogen-bond donors (Lipinski definition) is 4. The number of benzene rings is 4. The Balaban J connectivity index is 1.08. The molecule has 14 heteroatoms. The first kappa shape index (κ1) is 43.0. The van der Waals surface area contributed by atoms with Crippen molar-refractivity contribution in [1.82, 2.24) is 19.8 Å². The van der Waals surface area contributed by atoms with Crippen molar-refractivity contribution >= 4 is 45.7 Å². The number of Topliss-reactive ketones (excluding diaryl/α,β-unsaturated/α-hetero) is 2. The molecule has 60 heavy (non-hydrogen) atoms. The van der Waals surface area contributed by atoms with Gasteiger partial charge in [0.15, 0.2) is 11.6 Å². The summed E-state index contributed by atoms with van der Waals surface area (Å²) in [5, 5.41) is 21.9. The maximum Gasteiger partial charge on any atom is 0.515 e. The zero-order valence-electron chi connectivity index (χ0n) is 33.8. The zero-order chi connectivity index (χ0) is 42.4. The number of ketones is 2. The Bertz CT molecular complexity index is 2230. The van der Waals surface area contributed by atoms with Crippen molar-refractivity contribution in [1.29, 1.82) is 0 Å². The summed E-state index contributed by atoms with van der Waals surface area (Å²) >= 11 is 0. The number of carbonyl (C=O) groups excluding carboxylic acids is 4. The largest absolute Gasteiger partial charge is 0.515 e. The van der Waals surface area contributed by atoms with E-state index in [9.17, 15) is 29.4 Å². The molecule has 4 N–H and O–H groups in total. The quantitative estimate of drug-likeness (QED) is 0.0308. The number of aromatic hydroxyl groups is 2. The highest BCUT2D eigenvalue weighted by Crippen LogP contribution is 2.33. The zero-order valence-corrected chi connectivity index (χ0v) is 33.8. The number of fused-ring (bicyclic) bond motifs is 2. The average molecular weight is 819 g/mol. The fourth-order valence-electron chi connectivity index (χ4n) is 7.14. The van der Waals surface area contributed by atoms with Crippen molar-refractivity contribution in [3.63, 3.8) is 0 Å². The van der Waals surface area contributed by atoms with Gasteiger partial charge in [0.25, 0.3) is 0 Å². The summed E-state index contributed by atoms with van der Waals surface area (Å²) in [7, 11) is 0. The summed E-state index contributed by atoms with van der Waals surface area (Å²) in [4.78, 5) is 61.6. The Morgan fingerprint density at radius 1 is 0.550 bits per heavy atom. The lowest BCUT2D eigenvalue weighted by atomic mass is 10.0. The highest BCUT2D eigenvalue weighted by atomic mass is 16.7. The normalized spacial score (nSPS) is 11.3. The summed E-state index contributed by atoms with van der Waals surface area (Å²) in [6.45, 7) is 6.30. The molecule has 0 fully saturated rings. The van der Waals surface area contributed by atoms with Gasteiger partial charge in [-0.2, -0.15) is 0 Å². The molecule has 6 aromatic rings. The Hall–Kier alpha value is -6.64. The first-order chi connectivity index (χ1) is 29.1. The molecule has 0 aliphatic heterocycles. The second kappa shape index (κ2) is 20.9. The number of phenols is 2. The van der Waals surface area contributed by atoms with Gasteiger partial charge in [-0.1, -0.05) is 73.5 Å². The van der Waals surface area contributed by atoms with Gasteiger partial charge < -0.3 is 39.1 Å². The van der Waals surface area contributed by atoms with Gasteiger partial charge in [-0.05, 0) is 75.2 Å². The first-order valence-electron chi connectivity index (χ1n) is 20.1. The molecule has 0 aliphatic carbocycles. The molecule has 14 nitrogen and oxygen atoms in total. The van der Waals surface area contributed by atoms with E-state index < -0.39 is 12.3 Å². The van der Waals surface area contributed by atoms with E-state index in [1.54, 1.807) is 26.0 Å². The predicted molar refractivity (Wildman–Crippen MR) is 226 cm³/mol. The molecule has 0 amide bonds. The third-order valence-electron chi connectivity index (χ3n) is 9.94. The number of H-pyrrole nitrogens is 2. The summed E-state index contributed by atoms with van der Waals surface area (Å²) in [5.41, 5.74) is 3.49. The SMILES string of the molecule is CCOC(=O)Oc1cc2c(C(=O)CN(CCCCCCN(CC(=O)c3ccc(O)c4[nH]c(OC(=O)OCC)cc34)Cc3ccccc3)Cc3ccccc3)ccc(O)c2[nH]1. The van der Waals surface area contributed by atoms with Crippen LogP contribution in [0.4, 0.5) is 9.59 Å². The van der Waals surface area contributed by atoms with Crippen LogP contribution in [0, 0.1) is 0 Å². The van der Waals surface area contributed by atoms with Crippen LogP contribution in [-0.4, -0.2) is 93.3 Å². The Morgan fingerprint density at radius 3 is 1.33 bits per heavy atom. The number of carbonyl (C=O) groups is 4. The summed E-state index contributed by atoms with van der Waals surface area (Å²) < 4.78 is 20.1. The number of hydrogen-bond acceptors (Lipinski definition) is 12. The fraction of sp³-hybridized carbons (Fsp3) is 0.304. The number of ether oxygens (including phenoxy) is 4. The molecular weight excluding hydrogens is 769 g/mol. The topological polar surface area (TPSA) is 184 Å². The van der Waals surface area contributed by atoms with Crippen molar-refractivity contribution in [2.45, 2.75) is 52.6 Å². The molecule has 0 saturated carbocycles. The van der Waals surface area contributed by atoms with Crippen LogP contribution >= 0.6 is 0 Å². The third-order valence-corrected chi connectivity index (χ3v) is 9.94. The van der Waals surface area contributed by atoms with Gasteiger partial charge in [-0.25, -0.2) is 9.59 Å². The minimum Gasteiger partial charge on any atom is -0.506 e. The second-order valence-corrected chi connectivity index (χ2v) is 14.3. The fourth-order valence-corrected chi connectivity index (χ4v) is 7.14. The predicted octanol–water partition coefficient (Wildman–Crippen LogP) is 8.76. The van der Waals surface area contributed by atoms with Crippen LogP contribution in [0.15, 0.2) is 97.1 Å². The van der Waals surface area contributed by atoms with Crippen LogP contribution in [0.25, 0.3) is 21.8 Å². The van der Waals surface area contributed by atoms with Crippen molar-refractivity contribution in [3.8, 4) is 23.3 Å². The van der Waals surface area contributed by atoms with Gasteiger partial charge in [-0.15, -0.1) is 0 Å². The van der Waals surface area contributed by atoms with E-state index in [0.29, 0.717) is 48.1 Å². The molecule has 2 heterocycles. The maximum absolute atomic E-state index is 13.9. The van der Waals surface area contributed by atoms with E-state index in [0.717, 1.165) is 36.8 Å². The van der Waals surface area contributed by atoms with E-state index in [1.807, 2.05) is 60.7 Å². The van der Waals surface area contributed by atoms with Crippen LogP contribution in [0.5, 0.6) is 23.3 Å². The van der Waals surface area contributed by atoms with Gasteiger partial charge in [0.1, 0.15) is 11.5 Å². The van der Waals surface area contributed by atoms with Crippen LogP contribution in [0.2, 0.25) is 0 Å². The van der Waals surface area contributed by atoms with Gasteiger partial charge in [0, 0.05) is 47.1 Å². The number of aromatic amines is 2. The van der Waals surface area contributed by atoms with Gasteiger partial charge in [0.2, 0.25) is 11.8 Å². The molecule has 2 aromatic heterocycles. The van der Waals surface area contributed by atoms with Gasteiger partial charge >= 0.3 is 12.3 Å². The van der Waals surface area contributed by atoms with E-state index in [2.05, 4.69) is 19.8 Å². The molecule has 0 atom stereocenters. The summed E-state index contributed by atoms with van der Waals surface area (Å²) in [6, 6.07) is 29.0. The number of nitrogens with one attached hydrogen (secondary N) is 2. The number of phenolic OH excluding ortho intramolecular Hbond substituents is 2. The average Bonchev–Trinajstić information content (AvgIpc) is 3.85. The lowest BCUT2D eigenvalue weighted by Gasteiger charge is -2.23. The molecule has 4 aromatic carbocycles. The third kappa shape index (κ3) is 11.5. The van der Waals surface area contributed by atoms with Crippen molar-refractivity contribution in [3.05, 3.63) is 119 Å². The van der Waals surface area contributed by atoms with Gasteiger partial charge in [0.05, 0.1) is 37.3 Å². The minimum absolute atomic E-state index is 0.0571. The molecule has 314 valence electrons. The van der Waals surface area contributed by atoms with E-state index in [-0.39, 0.29) is 72.2 Å². The molecule has 0 spiro atoms. The number of rotatable bonds is 21. The summed E-state index contributed by atoms with van der Waals surface area (Å²) in [6.07, 6.45) is 1.67. The van der Waals surface area contributed by atoms with Crippen molar-refractivity contribution < 1.29 is 48.3 Å². The first-order valence-corrected chi connectivity index (χ1v) is 20.1. The number of nitrogens with zero attached hydrogens (tertiary/aromatic N) is 2. The van der Waals surface area contributed by atoms with E-state index in [1.165, 1.54) is 24.3 Å². The smallest absolute Gasteiger partial charge is 0.506 e. The van der Waals surface area contributed by atoms with Crippen molar-refractivity contribution in [2.24, 2.45) is 0 Å². The second-order valence-electron chi connectivity index (χ2n) is 14.3. The van der Waals surface area contributed by atoms with Crippen molar-refractivity contribution in [2.75, 3.05) is 39.4 Å². The van der Waals surface area contributed by atoms with Gasteiger partial charge in [-0.3, -0.25) is 19.4 Å². The monoisotopic (exact) mass is 818 g/mol. The Kier molecular flexibility index (Phi) is 14.9. The number of aromatic nitrogens is 2. The summed E-state index contributed by atoms with van der Waals surface area (Å²) in [5.74, 6) is -0.339. The van der Waals surface area contributed by atoms with Crippen LogP contribution in [-0.2, 0) is 22.6 Å². The molecule has 0 radical (unpaired) electrons. The molecule has 6 rings (SSSR count).